The number of thiophene rings is 1. The third-order valence-electron chi connectivity index (χ3n) is 3.67. The molecule has 8 heteroatoms. The normalized spacial score (nSPS) is 10.6. The molecule has 6 nitrogen and oxygen atoms in total. The van der Waals surface area contributed by atoms with E-state index in [0.29, 0.717) is 22.4 Å². The van der Waals surface area contributed by atoms with Crippen molar-refractivity contribution in [2.45, 2.75) is 5.16 Å². The number of nitrogens with zero attached hydrogens (tertiary/aromatic N) is 2. The summed E-state index contributed by atoms with van der Waals surface area (Å²) in [5, 5.41) is 12.4. The highest BCUT2D eigenvalue weighted by atomic mass is 32.2. The molecule has 2 aromatic heterocycles. The summed E-state index contributed by atoms with van der Waals surface area (Å²) in [6.07, 6.45) is 0. The van der Waals surface area contributed by atoms with Crippen LogP contribution in [0.15, 0.2) is 77.3 Å². The average Bonchev–Trinajstić information content (AvgIpc) is 3.41. The lowest BCUT2D eigenvalue weighted by molar-refractivity contribution is -0.113. The molecule has 2 heterocycles. The molecule has 0 aliphatic rings. The Labute approximate surface area is 170 Å². The second-order valence-electron chi connectivity index (χ2n) is 5.72. The molecule has 0 radical (unpaired) electrons. The number of rotatable bonds is 7. The fourth-order valence-corrected chi connectivity index (χ4v) is 3.65. The Balaban J connectivity index is 1.28. The zero-order valence-electron chi connectivity index (χ0n) is 14.7. The van der Waals surface area contributed by atoms with Gasteiger partial charge < -0.3 is 10.1 Å². The van der Waals surface area contributed by atoms with Gasteiger partial charge in [0.15, 0.2) is 5.82 Å². The number of ether oxygens (including phenoxy) is 1. The smallest absolute Gasteiger partial charge is 0.234 e. The number of carbonyl (C=O) groups is 1. The number of amides is 1. The van der Waals surface area contributed by atoms with Gasteiger partial charge in [0.1, 0.15) is 11.5 Å². The molecule has 2 N–H and O–H groups in total. The topological polar surface area (TPSA) is 79.9 Å². The van der Waals surface area contributed by atoms with Crippen molar-refractivity contribution in [2.24, 2.45) is 0 Å². The van der Waals surface area contributed by atoms with E-state index in [4.69, 9.17) is 4.74 Å². The van der Waals surface area contributed by atoms with Crippen LogP contribution in [0.3, 0.4) is 0 Å². The standard InChI is InChI=1S/C20H16N4O2S2/c25-18(13-28-20-22-19(23-24-20)17-7-4-12-27-17)21-14-8-10-16(11-9-14)26-15-5-2-1-3-6-15/h1-12H,13H2,(H,21,25)(H,22,23,24). The summed E-state index contributed by atoms with van der Waals surface area (Å²) < 4.78 is 5.74. The Morgan fingerprint density at radius 3 is 2.57 bits per heavy atom. The molecule has 0 saturated heterocycles. The number of thioether (sulfide) groups is 1. The van der Waals surface area contributed by atoms with Gasteiger partial charge in [-0.05, 0) is 47.8 Å². The molecule has 0 bridgehead atoms. The first-order valence-electron chi connectivity index (χ1n) is 8.48. The predicted molar refractivity (Wildman–Crippen MR) is 112 cm³/mol. The number of aromatic amines is 1. The summed E-state index contributed by atoms with van der Waals surface area (Å²) in [6.45, 7) is 0. The largest absolute Gasteiger partial charge is 0.457 e. The Morgan fingerprint density at radius 1 is 1.04 bits per heavy atom. The van der Waals surface area contributed by atoms with Crippen LogP contribution in [-0.2, 0) is 4.79 Å². The Bertz CT molecular complexity index is 1030. The fraction of sp³-hybridized carbons (Fsp3) is 0.0500. The lowest BCUT2D eigenvalue weighted by atomic mass is 10.3. The fourth-order valence-electron chi connectivity index (χ4n) is 2.39. The minimum absolute atomic E-state index is 0.121. The van der Waals surface area contributed by atoms with Crippen molar-refractivity contribution in [1.29, 1.82) is 0 Å². The van der Waals surface area contributed by atoms with E-state index in [0.717, 1.165) is 10.6 Å². The maximum atomic E-state index is 12.2. The van der Waals surface area contributed by atoms with Crippen LogP contribution in [0.1, 0.15) is 0 Å². The van der Waals surface area contributed by atoms with E-state index >= 15 is 0 Å². The number of H-pyrrole nitrogens is 1. The van der Waals surface area contributed by atoms with Crippen molar-refractivity contribution in [3.63, 3.8) is 0 Å². The minimum Gasteiger partial charge on any atom is -0.457 e. The molecule has 4 rings (SSSR count). The van der Waals surface area contributed by atoms with Crippen molar-refractivity contribution >= 4 is 34.7 Å². The zero-order chi connectivity index (χ0) is 19.2. The Hall–Kier alpha value is -3.10. The van der Waals surface area contributed by atoms with E-state index in [1.165, 1.54) is 11.8 Å². The second-order valence-corrected chi connectivity index (χ2v) is 7.61. The minimum atomic E-state index is -0.121. The monoisotopic (exact) mass is 408 g/mol. The van der Waals surface area contributed by atoms with Gasteiger partial charge in [-0.15, -0.1) is 16.4 Å². The number of hydrogen-bond donors (Lipinski definition) is 2. The molecule has 0 aliphatic heterocycles. The maximum Gasteiger partial charge on any atom is 0.234 e. The van der Waals surface area contributed by atoms with E-state index in [9.17, 15) is 4.79 Å². The summed E-state index contributed by atoms with van der Waals surface area (Å²) in [5.41, 5.74) is 0.709. The van der Waals surface area contributed by atoms with Gasteiger partial charge in [-0.25, -0.2) is 4.98 Å². The van der Waals surface area contributed by atoms with Crippen molar-refractivity contribution in [3.05, 3.63) is 72.1 Å². The third-order valence-corrected chi connectivity index (χ3v) is 5.39. The summed E-state index contributed by atoms with van der Waals surface area (Å²) in [6, 6.07) is 20.7. The maximum absolute atomic E-state index is 12.2. The number of hydrogen-bond acceptors (Lipinski definition) is 6. The van der Waals surface area contributed by atoms with E-state index in [1.54, 1.807) is 11.3 Å². The van der Waals surface area contributed by atoms with Crippen molar-refractivity contribution in [3.8, 4) is 22.2 Å². The van der Waals surface area contributed by atoms with E-state index in [1.807, 2.05) is 72.1 Å². The SMILES string of the molecule is O=C(CSc1n[nH]c(-c2cccs2)n1)Nc1ccc(Oc2ccccc2)cc1. The van der Waals surface area contributed by atoms with Crippen LogP contribution in [0.2, 0.25) is 0 Å². The van der Waals surface area contributed by atoms with Crippen LogP contribution >= 0.6 is 23.1 Å². The third kappa shape index (κ3) is 4.79. The zero-order valence-corrected chi connectivity index (χ0v) is 16.3. The van der Waals surface area contributed by atoms with Gasteiger partial charge in [0.05, 0.1) is 10.6 Å². The molecule has 28 heavy (non-hydrogen) atoms. The lowest BCUT2D eigenvalue weighted by Gasteiger charge is -2.07. The number of carbonyl (C=O) groups excluding carboxylic acids is 1. The Kier molecular flexibility index (Phi) is 5.69. The average molecular weight is 409 g/mol. The van der Waals surface area contributed by atoms with Gasteiger partial charge in [0.2, 0.25) is 11.1 Å². The molecule has 0 atom stereocenters. The first kappa shape index (κ1) is 18.3. The molecule has 0 aliphatic carbocycles. The van der Waals surface area contributed by atoms with Gasteiger partial charge in [-0.2, -0.15) is 0 Å². The quantitative estimate of drug-likeness (QED) is 0.418. The second kappa shape index (κ2) is 8.73. The molecule has 0 unspecified atom stereocenters. The Morgan fingerprint density at radius 2 is 1.82 bits per heavy atom. The van der Waals surface area contributed by atoms with Crippen molar-refractivity contribution in [1.82, 2.24) is 15.2 Å². The van der Waals surface area contributed by atoms with Gasteiger partial charge >= 0.3 is 0 Å². The lowest BCUT2D eigenvalue weighted by Crippen LogP contribution is -2.14. The van der Waals surface area contributed by atoms with Gasteiger partial charge in [-0.3, -0.25) is 9.89 Å². The molecule has 1 amide bonds. The number of aromatic nitrogens is 3. The highest BCUT2D eigenvalue weighted by Crippen LogP contribution is 2.24. The van der Waals surface area contributed by atoms with Crippen LogP contribution in [0.4, 0.5) is 5.69 Å². The van der Waals surface area contributed by atoms with Crippen LogP contribution in [-0.4, -0.2) is 26.8 Å². The molecular weight excluding hydrogens is 392 g/mol. The van der Waals surface area contributed by atoms with Crippen LogP contribution in [0.5, 0.6) is 11.5 Å². The molecule has 2 aromatic carbocycles. The van der Waals surface area contributed by atoms with Crippen molar-refractivity contribution in [2.75, 3.05) is 11.1 Å². The van der Waals surface area contributed by atoms with Gasteiger partial charge in [0, 0.05) is 5.69 Å². The highest BCUT2D eigenvalue weighted by Gasteiger charge is 2.10. The molecule has 4 aromatic rings. The van der Waals surface area contributed by atoms with Crippen LogP contribution in [0.25, 0.3) is 10.7 Å². The number of para-hydroxylation sites is 1. The summed E-state index contributed by atoms with van der Waals surface area (Å²) in [4.78, 5) is 17.6. The number of benzene rings is 2. The molecule has 0 spiro atoms. The molecular formula is C20H16N4O2S2. The predicted octanol–water partition coefficient (Wildman–Crippen LogP) is 5.06. The first-order chi connectivity index (χ1) is 13.8. The van der Waals surface area contributed by atoms with Crippen LogP contribution < -0.4 is 10.1 Å². The van der Waals surface area contributed by atoms with Crippen molar-refractivity contribution < 1.29 is 9.53 Å². The van der Waals surface area contributed by atoms with Gasteiger partial charge in [0.25, 0.3) is 0 Å². The summed E-state index contributed by atoms with van der Waals surface area (Å²) in [7, 11) is 0. The molecule has 0 saturated carbocycles. The van der Waals surface area contributed by atoms with E-state index in [-0.39, 0.29) is 11.7 Å². The van der Waals surface area contributed by atoms with Crippen LogP contribution in [0, 0.1) is 0 Å². The first-order valence-corrected chi connectivity index (χ1v) is 10.3. The number of anilines is 1. The molecule has 0 fully saturated rings. The summed E-state index contributed by atoms with van der Waals surface area (Å²) >= 11 is 2.87. The molecule has 140 valence electrons. The summed E-state index contributed by atoms with van der Waals surface area (Å²) in [5.74, 6) is 2.30. The van der Waals surface area contributed by atoms with Gasteiger partial charge in [-0.1, -0.05) is 36.0 Å². The van der Waals surface area contributed by atoms with E-state index in [2.05, 4.69) is 20.5 Å². The van der Waals surface area contributed by atoms with E-state index < -0.39 is 0 Å². The highest BCUT2D eigenvalue weighted by molar-refractivity contribution is 7.99. The number of nitrogens with one attached hydrogen (secondary N) is 2.